The van der Waals surface area contributed by atoms with Gasteiger partial charge in [-0.25, -0.2) is 4.39 Å². The number of carbonyl (C=O) groups is 1. The van der Waals surface area contributed by atoms with E-state index in [2.05, 4.69) is 0 Å². The summed E-state index contributed by atoms with van der Waals surface area (Å²) in [6, 6.07) is 6.38. The van der Waals surface area contributed by atoms with E-state index < -0.39 is 0 Å². The number of hydrogen-bond acceptors (Lipinski definition) is 3. The molecule has 0 spiro atoms. The SMILES string of the molecule is O=C(CCc1ccc(F)cc1)N1CCC(OCC2CCCCO2)CC1. The van der Waals surface area contributed by atoms with Crippen molar-refractivity contribution in [3.8, 4) is 0 Å². The highest BCUT2D eigenvalue weighted by atomic mass is 19.1. The van der Waals surface area contributed by atoms with Crippen LogP contribution in [0.1, 0.15) is 44.1 Å². The first kappa shape index (κ1) is 18.3. The molecule has 2 aliphatic heterocycles. The van der Waals surface area contributed by atoms with Gasteiger partial charge in [0.1, 0.15) is 5.82 Å². The molecule has 5 heteroatoms. The molecule has 2 saturated heterocycles. The van der Waals surface area contributed by atoms with E-state index in [0.29, 0.717) is 19.4 Å². The lowest BCUT2D eigenvalue weighted by molar-refractivity contribution is -0.134. The molecular formula is C20H28FNO3. The number of rotatable bonds is 6. The third-order valence-corrected chi connectivity index (χ3v) is 5.13. The first-order chi connectivity index (χ1) is 12.2. The van der Waals surface area contributed by atoms with Crippen molar-refractivity contribution in [2.24, 2.45) is 0 Å². The average molecular weight is 349 g/mol. The predicted molar refractivity (Wildman–Crippen MR) is 93.9 cm³/mol. The Morgan fingerprint density at radius 1 is 1.16 bits per heavy atom. The molecule has 0 aromatic heterocycles. The first-order valence-corrected chi connectivity index (χ1v) is 9.46. The number of amides is 1. The Morgan fingerprint density at radius 2 is 1.92 bits per heavy atom. The van der Waals surface area contributed by atoms with Gasteiger partial charge in [0.2, 0.25) is 5.91 Å². The van der Waals surface area contributed by atoms with Crippen LogP contribution in [0.5, 0.6) is 0 Å². The number of halogens is 1. The fraction of sp³-hybridized carbons (Fsp3) is 0.650. The largest absolute Gasteiger partial charge is 0.376 e. The summed E-state index contributed by atoms with van der Waals surface area (Å²) < 4.78 is 24.6. The maximum Gasteiger partial charge on any atom is 0.222 e. The Bertz CT molecular complexity index is 534. The van der Waals surface area contributed by atoms with Gasteiger partial charge in [-0.05, 0) is 56.2 Å². The van der Waals surface area contributed by atoms with Crippen LogP contribution in [0.4, 0.5) is 4.39 Å². The van der Waals surface area contributed by atoms with Crippen LogP contribution in [0.15, 0.2) is 24.3 Å². The van der Waals surface area contributed by atoms with E-state index >= 15 is 0 Å². The van der Waals surface area contributed by atoms with Crippen molar-refractivity contribution in [3.63, 3.8) is 0 Å². The van der Waals surface area contributed by atoms with Gasteiger partial charge in [-0.1, -0.05) is 12.1 Å². The summed E-state index contributed by atoms with van der Waals surface area (Å²) in [5, 5.41) is 0. The fourth-order valence-electron chi connectivity index (χ4n) is 3.51. The Kier molecular flexibility index (Phi) is 6.82. The van der Waals surface area contributed by atoms with Gasteiger partial charge in [-0.3, -0.25) is 4.79 Å². The molecule has 4 nitrogen and oxygen atoms in total. The quantitative estimate of drug-likeness (QED) is 0.791. The second-order valence-electron chi connectivity index (χ2n) is 7.03. The molecule has 1 aromatic rings. The number of piperidine rings is 1. The van der Waals surface area contributed by atoms with Gasteiger partial charge in [0.25, 0.3) is 0 Å². The average Bonchev–Trinajstić information content (AvgIpc) is 2.67. The number of ether oxygens (including phenoxy) is 2. The molecule has 2 fully saturated rings. The van der Waals surface area contributed by atoms with Crippen molar-refractivity contribution in [2.45, 2.75) is 57.2 Å². The summed E-state index contributed by atoms with van der Waals surface area (Å²) in [6.45, 7) is 3.06. The fourth-order valence-corrected chi connectivity index (χ4v) is 3.51. The van der Waals surface area contributed by atoms with E-state index in [1.165, 1.54) is 18.6 Å². The normalized spacial score (nSPS) is 22.1. The van der Waals surface area contributed by atoms with Crippen LogP contribution >= 0.6 is 0 Å². The van der Waals surface area contributed by atoms with Gasteiger partial charge in [-0.2, -0.15) is 0 Å². The Labute approximate surface area is 149 Å². The maximum atomic E-state index is 12.9. The molecule has 3 rings (SSSR count). The standard InChI is InChI=1S/C20H28FNO3/c21-17-7-4-16(5-8-17)6-9-20(23)22-12-10-18(11-13-22)25-15-19-3-1-2-14-24-19/h4-5,7-8,18-19H,1-3,6,9-15H2. The molecule has 0 radical (unpaired) electrons. The Balaban J connectivity index is 1.33. The van der Waals surface area contributed by atoms with Crippen LogP contribution < -0.4 is 0 Å². The lowest BCUT2D eigenvalue weighted by atomic mass is 10.1. The molecule has 1 amide bonds. The van der Waals surface area contributed by atoms with Crippen molar-refractivity contribution < 1.29 is 18.7 Å². The number of hydrogen-bond donors (Lipinski definition) is 0. The molecule has 1 aromatic carbocycles. The highest BCUT2D eigenvalue weighted by Crippen LogP contribution is 2.18. The van der Waals surface area contributed by atoms with E-state index in [1.807, 2.05) is 4.90 Å². The van der Waals surface area contributed by atoms with E-state index in [9.17, 15) is 9.18 Å². The minimum atomic E-state index is -0.240. The van der Waals surface area contributed by atoms with Crippen LogP contribution in [0.2, 0.25) is 0 Å². The number of benzene rings is 1. The van der Waals surface area contributed by atoms with E-state index in [-0.39, 0.29) is 23.9 Å². The van der Waals surface area contributed by atoms with Crippen molar-refractivity contribution in [1.82, 2.24) is 4.90 Å². The molecule has 0 bridgehead atoms. The molecule has 2 heterocycles. The van der Waals surface area contributed by atoms with Crippen LogP contribution in [-0.4, -0.2) is 49.3 Å². The summed E-state index contributed by atoms with van der Waals surface area (Å²) in [7, 11) is 0. The topological polar surface area (TPSA) is 38.8 Å². The highest BCUT2D eigenvalue weighted by molar-refractivity contribution is 5.76. The van der Waals surface area contributed by atoms with Crippen molar-refractivity contribution in [1.29, 1.82) is 0 Å². The van der Waals surface area contributed by atoms with E-state index in [4.69, 9.17) is 9.47 Å². The van der Waals surface area contributed by atoms with Crippen molar-refractivity contribution >= 4 is 5.91 Å². The zero-order chi connectivity index (χ0) is 17.5. The molecule has 1 atom stereocenters. The lowest BCUT2D eigenvalue weighted by Crippen LogP contribution is -2.41. The van der Waals surface area contributed by atoms with Crippen LogP contribution in [0.25, 0.3) is 0 Å². The van der Waals surface area contributed by atoms with Crippen molar-refractivity contribution in [3.05, 3.63) is 35.6 Å². The second kappa shape index (κ2) is 9.30. The monoisotopic (exact) mass is 349 g/mol. The summed E-state index contributed by atoms with van der Waals surface area (Å²) in [5.41, 5.74) is 1.00. The predicted octanol–water partition coefficient (Wildman–Crippen LogP) is 3.34. The lowest BCUT2D eigenvalue weighted by Gasteiger charge is -2.33. The minimum Gasteiger partial charge on any atom is -0.376 e. The first-order valence-electron chi connectivity index (χ1n) is 9.46. The Morgan fingerprint density at radius 3 is 2.60 bits per heavy atom. The molecule has 1 unspecified atom stereocenters. The van der Waals surface area contributed by atoms with Gasteiger partial charge >= 0.3 is 0 Å². The van der Waals surface area contributed by atoms with E-state index in [1.54, 1.807) is 12.1 Å². The molecule has 2 aliphatic rings. The second-order valence-corrected chi connectivity index (χ2v) is 7.03. The third kappa shape index (κ3) is 5.79. The smallest absolute Gasteiger partial charge is 0.222 e. The van der Waals surface area contributed by atoms with Crippen molar-refractivity contribution in [2.75, 3.05) is 26.3 Å². The number of aryl methyl sites for hydroxylation is 1. The molecule has 0 saturated carbocycles. The van der Waals surface area contributed by atoms with Gasteiger partial charge in [-0.15, -0.1) is 0 Å². The summed E-state index contributed by atoms with van der Waals surface area (Å²) in [6.07, 6.45) is 6.92. The molecule has 138 valence electrons. The Hall–Kier alpha value is -1.46. The maximum absolute atomic E-state index is 12.9. The van der Waals surface area contributed by atoms with Crippen LogP contribution in [0, 0.1) is 5.82 Å². The highest BCUT2D eigenvalue weighted by Gasteiger charge is 2.24. The van der Waals surface area contributed by atoms with Crippen LogP contribution in [-0.2, 0) is 20.7 Å². The van der Waals surface area contributed by atoms with Gasteiger partial charge in [0.05, 0.1) is 18.8 Å². The molecule has 0 N–H and O–H groups in total. The summed E-state index contributed by atoms with van der Waals surface area (Å²) >= 11 is 0. The van der Waals surface area contributed by atoms with Gasteiger partial charge < -0.3 is 14.4 Å². The molecule has 0 aliphatic carbocycles. The number of likely N-dealkylation sites (tertiary alicyclic amines) is 1. The summed E-state index contributed by atoms with van der Waals surface area (Å²) in [5.74, 6) is -0.0610. The van der Waals surface area contributed by atoms with Crippen LogP contribution in [0.3, 0.4) is 0 Å². The van der Waals surface area contributed by atoms with Gasteiger partial charge in [0, 0.05) is 26.1 Å². The summed E-state index contributed by atoms with van der Waals surface area (Å²) in [4.78, 5) is 14.3. The minimum absolute atomic E-state index is 0.179. The zero-order valence-corrected chi connectivity index (χ0v) is 14.8. The van der Waals surface area contributed by atoms with E-state index in [0.717, 1.165) is 50.9 Å². The molecule has 25 heavy (non-hydrogen) atoms. The number of nitrogens with zero attached hydrogens (tertiary/aromatic N) is 1. The van der Waals surface area contributed by atoms with Gasteiger partial charge in [0.15, 0.2) is 0 Å². The number of carbonyl (C=O) groups excluding carboxylic acids is 1. The zero-order valence-electron chi connectivity index (χ0n) is 14.8. The molecular weight excluding hydrogens is 321 g/mol. The third-order valence-electron chi connectivity index (χ3n) is 5.13.